The van der Waals surface area contributed by atoms with Gasteiger partial charge < -0.3 is 14.2 Å². The lowest BCUT2D eigenvalue weighted by Gasteiger charge is -2.18. The van der Waals surface area contributed by atoms with Crippen molar-refractivity contribution in [3.63, 3.8) is 0 Å². The Morgan fingerprint density at radius 1 is 0.411 bits per heavy atom. The third-order valence-electron chi connectivity index (χ3n) is 10.0. The van der Waals surface area contributed by atoms with Gasteiger partial charge in [0, 0.05) is 19.4 Å². The number of unbranched alkanes of at least 4 members (excludes halogenated alkanes) is 22. The van der Waals surface area contributed by atoms with Crippen LogP contribution in [0.3, 0.4) is 0 Å². The van der Waals surface area contributed by atoms with Crippen LogP contribution in [0.5, 0.6) is 0 Å². The summed E-state index contributed by atoms with van der Waals surface area (Å²) < 4.78 is 17.3. The highest BCUT2D eigenvalue weighted by molar-refractivity contribution is 5.70. The Kier molecular flexibility index (Phi) is 45.0. The topological polar surface area (TPSA) is 61.8 Å². The van der Waals surface area contributed by atoms with Gasteiger partial charge in [0.15, 0.2) is 6.10 Å². The number of allylic oxidation sites excluding steroid dienone is 10. The molecule has 0 saturated heterocycles. The lowest BCUT2D eigenvalue weighted by Crippen LogP contribution is -2.30. The van der Waals surface area contributed by atoms with Crippen LogP contribution < -0.4 is 0 Å². The Bertz CT molecular complexity index is 977. The Morgan fingerprint density at radius 2 is 0.804 bits per heavy atom. The number of carbonyl (C=O) groups excluding carboxylic acids is 2. The molecule has 0 radical (unpaired) electrons. The third-order valence-corrected chi connectivity index (χ3v) is 10.0. The Hall–Kier alpha value is -2.40. The molecule has 0 rings (SSSR count). The van der Waals surface area contributed by atoms with Crippen molar-refractivity contribution in [2.75, 3.05) is 19.8 Å². The summed E-state index contributed by atoms with van der Waals surface area (Å²) in [5.41, 5.74) is 0. The highest BCUT2D eigenvalue weighted by Gasteiger charge is 2.17. The van der Waals surface area contributed by atoms with Crippen LogP contribution in [0.15, 0.2) is 60.8 Å². The van der Waals surface area contributed by atoms with E-state index in [0.717, 1.165) is 77.0 Å². The molecule has 56 heavy (non-hydrogen) atoms. The summed E-state index contributed by atoms with van der Waals surface area (Å²) in [5.74, 6) is -0.417. The van der Waals surface area contributed by atoms with E-state index in [1.807, 2.05) is 0 Å². The summed E-state index contributed by atoms with van der Waals surface area (Å²) in [6.07, 6.45) is 58.0. The fraction of sp³-hybridized carbons (Fsp3) is 0.765. The first kappa shape index (κ1) is 53.6. The zero-order chi connectivity index (χ0) is 40.7. The van der Waals surface area contributed by atoms with Gasteiger partial charge in [0.25, 0.3) is 0 Å². The van der Waals surface area contributed by atoms with Gasteiger partial charge in [-0.3, -0.25) is 9.59 Å². The molecule has 0 amide bonds. The monoisotopic (exact) mass is 783 g/mol. The summed E-state index contributed by atoms with van der Waals surface area (Å²) in [4.78, 5) is 25.2. The van der Waals surface area contributed by atoms with Crippen molar-refractivity contribution < 1.29 is 23.8 Å². The third kappa shape index (κ3) is 44.3. The summed E-state index contributed by atoms with van der Waals surface area (Å²) in [5, 5.41) is 0. The molecule has 1 unspecified atom stereocenters. The van der Waals surface area contributed by atoms with E-state index in [1.54, 1.807) is 0 Å². The van der Waals surface area contributed by atoms with E-state index < -0.39 is 6.10 Å². The van der Waals surface area contributed by atoms with Gasteiger partial charge in [0.1, 0.15) is 6.61 Å². The van der Waals surface area contributed by atoms with Crippen LogP contribution in [-0.4, -0.2) is 37.9 Å². The van der Waals surface area contributed by atoms with E-state index in [-0.39, 0.29) is 25.2 Å². The number of esters is 2. The van der Waals surface area contributed by atoms with Gasteiger partial charge in [-0.05, 0) is 83.5 Å². The average Bonchev–Trinajstić information content (AvgIpc) is 3.20. The van der Waals surface area contributed by atoms with Crippen LogP contribution >= 0.6 is 0 Å². The highest BCUT2D eigenvalue weighted by Crippen LogP contribution is 2.13. The summed E-state index contributed by atoms with van der Waals surface area (Å²) >= 11 is 0. The van der Waals surface area contributed by atoms with Gasteiger partial charge in [-0.25, -0.2) is 0 Å². The molecule has 0 aromatic rings. The largest absolute Gasteiger partial charge is 0.462 e. The van der Waals surface area contributed by atoms with E-state index in [2.05, 4.69) is 81.5 Å². The first-order chi connectivity index (χ1) is 27.6. The van der Waals surface area contributed by atoms with Gasteiger partial charge in [0.2, 0.25) is 0 Å². The van der Waals surface area contributed by atoms with Crippen LogP contribution in [0.25, 0.3) is 0 Å². The van der Waals surface area contributed by atoms with E-state index in [9.17, 15) is 9.59 Å². The number of rotatable bonds is 43. The fourth-order valence-corrected chi connectivity index (χ4v) is 6.49. The summed E-state index contributed by atoms with van der Waals surface area (Å²) in [6, 6.07) is 0. The molecule has 0 heterocycles. The van der Waals surface area contributed by atoms with Gasteiger partial charge in [-0.15, -0.1) is 0 Å². The van der Waals surface area contributed by atoms with Gasteiger partial charge >= 0.3 is 11.9 Å². The van der Waals surface area contributed by atoms with E-state index in [0.29, 0.717) is 19.4 Å². The fourth-order valence-electron chi connectivity index (χ4n) is 6.49. The number of hydrogen-bond donors (Lipinski definition) is 0. The van der Waals surface area contributed by atoms with E-state index in [4.69, 9.17) is 14.2 Å². The maximum absolute atomic E-state index is 12.6. The number of hydrogen-bond acceptors (Lipinski definition) is 5. The molecule has 0 aliphatic heterocycles. The van der Waals surface area contributed by atoms with Gasteiger partial charge in [-0.2, -0.15) is 0 Å². The van der Waals surface area contributed by atoms with Crippen molar-refractivity contribution in [1.82, 2.24) is 0 Å². The minimum atomic E-state index is -0.542. The molecular formula is C51H90O5. The maximum Gasteiger partial charge on any atom is 0.306 e. The zero-order valence-electron chi connectivity index (χ0n) is 37.1. The minimum Gasteiger partial charge on any atom is -0.462 e. The maximum atomic E-state index is 12.6. The predicted octanol–water partition coefficient (Wildman–Crippen LogP) is 15.8. The van der Waals surface area contributed by atoms with Crippen molar-refractivity contribution in [2.45, 2.75) is 232 Å². The second-order valence-electron chi connectivity index (χ2n) is 15.6. The van der Waals surface area contributed by atoms with Crippen LogP contribution in [0.1, 0.15) is 226 Å². The van der Waals surface area contributed by atoms with Crippen molar-refractivity contribution >= 4 is 11.9 Å². The number of carbonyl (C=O) groups is 2. The zero-order valence-corrected chi connectivity index (χ0v) is 37.1. The lowest BCUT2D eigenvalue weighted by molar-refractivity contribution is -0.163. The SMILES string of the molecule is CC/C=C\C/C=C\C/C=C\CCCCCCCCOCC(COC(=O)CCCCCCCCC/C=C\C/C=C\CCCCC)OC(=O)CCCCCCCCC. The minimum absolute atomic E-state index is 0.0757. The molecule has 0 aliphatic rings. The van der Waals surface area contributed by atoms with Crippen LogP contribution in [0, 0.1) is 0 Å². The van der Waals surface area contributed by atoms with Gasteiger partial charge in [0.05, 0.1) is 6.61 Å². The van der Waals surface area contributed by atoms with E-state index in [1.165, 1.54) is 116 Å². The molecule has 0 aromatic heterocycles. The average molecular weight is 783 g/mol. The first-order valence-corrected chi connectivity index (χ1v) is 23.8. The Labute approximate surface area is 347 Å². The van der Waals surface area contributed by atoms with E-state index >= 15 is 0 Å². The second kappa shape index (κ2) is 47.0. The summed E-state index contributed by atoms with van der Waals surface area (Å²) in [6.45, 7) is 7.63. The molecule has 0 aromatic carbocycles. The van der Waals surface area contributed by atoms with Gasteiger partial charge in [-0.1, -0.05) is 191 Å². The normalized spacial score (nSPS) is 12.7. The molecule has 5 nitrogen and oxygen atoms in total. The number of ether oxygens (including phenoxy) is 3. The smallest absolute Gasteiger partial charge is 0.306 e. The van der Waals surface area contributed by atoms with Crippen LogP contribution in [-0.2, 0) is 23.8 Å². The predicted molar refractivity (Wildman–Crippen MR) is 242 cm³/mol. The quantitative estimate of drug-likeness (QED) is 0.0350. The summed E-state index contributed by atoms with van der Waals surface area (Å²) in [7, 11) is 0. The highest BCUT2D eigenvalue weighted by atomic mass is 16.6. The standard InChI is InChI=1S/C51H90O5/c1-4-7-10-13-16-18-20-22-24-26-27-29-31-33-36-38-41-44-50(52)55-48-49(56-51(53)45-42-39-35-15-12-9-6-3)47-54-46-43-40-37-34-32-30-28-25-23-21-19-17-14-11-8-5-2/h8,11,16-19,22-25,49H,4-7,9-10,12-15,20-21,26-48H2,1-3H3/b11-8-,18-16-,19-17-,24-22-,25-23-. The first-order valence-electron chi connectivity index (χ1n) is 23.8. The van der Waals surface area contributed by atoms with Crippen LogP contribution in [0.2, 0.25) is 0 Å². The molecule has 0 fully saturated rings. The Balaban J connectivity index is 4.17. The molecule has 0 aliphatic carbocycles. The molecule has 1 atom stereocenters. The lowest BCUT2D eigenvalue weighted by atomic mass is 10.1. The van der Waals surface area contributed by atoms with Crippen molar-refractivity contribution in [3.8, 4) is 0 Å². The second-order valence-corrected chi connectivity index (χ2v) is 15.6. The molecule has 0 saturated carbocycles. The van der Waals surface area contributed by atoms with Crippen LogP contribution in [0.4, 0.5) is 0 Å². The molecule has 0 bridgehead atoms. The molecular weight excluding hydrogens is 693 g/mol. The molecule has 324 valence electrons. The Morgan fingerprint density at radius 3 is 1.32 bits per heavy atom. The molecule has 5 heteroatoms. The molecule has 0 spiro atoms. The van der Waals surface area contributed by atoms with Crippen molar-refractivity contribution in [2.24, 2.45) is 0 Å². The van der Waals surface area contributed by atoms with Crippen molar-refractivity contribution in [1.29, 1.82) is 0 Å². The van der Waals surface area contributed by atoms with Crippen molar-refractivity contribution in [3.05, 3.63) is 60.8 Å². The molecule has 0 N–H and O–H groups in total.